The van der Waals surface area contributed by atoms with Crippen LogP contribution >= 0.6 is 11.3 Å². The number of nitrogens with one attached hydrogen (secondary N) is 2. The number of aryl methyl sites for hydroxylation is 3. The van der Waals surface area contributed by atoms with Gasteiger partial charge < -0.3 is 10.6 Å². The van der Waals surface area contributed by atoms with Crippen LogP contribution in [0.2, 0.25) is 0 Å². The first-order valence-electron chi connectivity index (χ1n) is 12.5. The molecule has 0 bridgehead atoms. The van der Waals surface area contributed by atoms with Gasteiger partial charge in [0.2, 0.25) is 11.8 Å². The van der Waals surface area contributed by atoms with E-state index in [-0.39, 0.29) is 11.8 Å². The number of aromatic nitrogens is 1. The summed E-state index contributed by atoms with van der Waals surface area (Å²) in [6, 6.07) is 6.47. The molecule has 2 aliphatic carbocycles. The first-order valence-corrected chi connectivity index (χ1v) is 13.3. The van der Waals surface area contributed by atoms with Crippen molar-refractivity contribution in [2.75, 3.05) is 23.7 Å². The van der Waals surface area contributed by atoms with Crippen molar-refractivity contribution in [3.8, 4) is 0 Å². The molecule has 0 radical (unpaired) electrons. The lowest BCUT2D eigenvalue weighted by Crippen LogP contribution is -2.37. The third-order valence-electron chi connectivity index (χ3n) is 7.11. The molecular formula is C27H38N4O2S. The summed E-state index contributed by atoms with van der Waals surface area (Å²) >= 11 is 1.63. The van der Waals surface area contributed by atoms with Gasteiger partial charge in [0.05, 0.1) is 12.2 Å². The van der Waals surface area contributed by atoms with Gasteiger partial charge in [0.15, 0.2) is 5.13 Å². The molecule has 1 unspecified atom stereocenters. The minimum atomic E-state index is -0.0287. The third-order valence-corrected chi connectivity index (χ3v) is 8.15. The van der Waals surface area contributed by atoms with E-state index in [9.17, 15) is 9.59 Å². The number of carbonyl (C=O) groups is 2. The van der Waals surface area contributed by atoms with Gasteiger partial charge in [0, 0.05) is 29.6 Å². The molecule has 184 valence electrons. The van der Waals surface area contributed by atoms with Crippen molar-refractivity contribution in [1.29, 1.82) is 0 Å². The molecular weight excluding hydrogens is 444 g/mol. The molecule has 1 aromatic heterocycles. The fraction of sp³-hybridized carbons (Fsp3) is 0.593. The van der Waals surface area contributed by atoms with Gasteiger partial charge in [0.1, 0.15) is 0 Å². The molecule has 1 atom stereocenters. The Bertz CT molecular complexity index is 1050. The molecule has 2 aliphatic rings. The smallest absolute Gasteiger partial charge is 0.238 e. The average molecular weight is 483 g/mol. The number of nitrogens with zero attached hydrogens (tertiary/aromatic N) is 2. The molecule has 1 heterocycles. The summed E-state index contributed by atoms with van der Waals surface area (Å²) in [4.78, 5) is 33.5. The maximum Gasteiger partial charge on any atom is 0.238 e. The number of hydrogen-bond acceptors (Lipinski definition) is 5. The number of amides is 2. The highest BCUT2D eigenvalue weighted by Crippen LogP contribution is 2.40. The van der Waals surface area contributed by atoms with E-state index in [0.29, 0.717) is 36.9 Å². The van der Waals surface area contributed by atoms with Crippen LogP contribution in [0.25, 0.3) is 0 Å². The Morgan fingerprint density at radius 3 is 2.59 bits per heavy atom. The predicted molar refractivity (Wildman–Crippen MR) is 139 cm³/mol. The van der Waals surface area contributed by atoms with Gasteiger partial charge in [-0.15, -0.1) is 11.3 Å². The highest BCUT2D eigenvalue weighted by molar-refractivity contribution is 7.15. The summed E-state index contributed by atoms with van der Waals surface area (Å²) in [5, 5.41) is 6.78. The van der Waals surface area contributed by atoms with Crippen LogP contribution in [0.3, 0.4) is 0 Å². The first-order chi connectivity index (χ1) is 16.1. The quantitative estimate of drug-likeness (QED) is 0.532. The highest BCUT2D eigenvalue weighted by atomic mass is 32.1. The summed E-state index contributed by atoms with van der Waals surface area (Å²) in [5.74, 6) is 0.604. The Balaban J connectivity index is 1.28. The van der Waals surface area contributed by atoms with Gasteiger partial charge in [-0.05, 0) is 74.5 Å². The summed E-state index contributed by atoms with van der Waals surface area (Å²) in [6.07, 6.45) is 5.75. The van der Waals surface area contributed by atoms with Crippen molar-refractivity contribution >= 4 is 34.0 Å². The first kappa shape index (κ1) is 24.9. The number of rotatable bonds is 8. The second kappa shape index (κ2) is 10.2. The zero-order valence-corrected chi connectivity index (χ0v) is 22.0. The topological polar surface area (TPSA) is 74.3 Å². The average Bonchev–Trinajstić information content (AvgIpc) is 3.52. The van der Waals surface area contributed by atoms with E-state index in [4.69, 9.17) is 4.98 Å². The van der Waals surface area contributed by atoms with Gasteiger partial charge >= 0.3 is 0 Å². The Morgan fingerprint density at radius 1 is 1.12 bits per heavy atom. The zero-order valence-electron chi connectivity index (χ0n) is 21.2. The Morgan fingerprint density at radius 2 is 1.88 bits per heavy atom. The van der Waals surface area contributed by atoms with E-state index in [1.165, 1.54) is 4.88 Å². The normalized spacial score (nSPS) is 18.0. The number of anilines is 2. The highest BCUT2D eigenvalue weighted by Gasteiger charge is 2.32. The number of carbonyl (C=O) groups excluding carboxylic acids is 2. The van der Waals surface area contributed by atoms with Crippen LogP contribution in [0, 0.1) is 25.2 Å². The van der Waals surface area contributed by atoms with Crippen molar-refractivity contribution < 1.29 is 9.59 Å². The van der Waals surface area contributed by atoms with Crippen molar-refractivity contribution in [3.63, 3.8) is 0 Å². The second-order valence-corrected chi connectivity index (χ2v) is 12.1. The van der Waals surface area contributed by atoms with Gasteiger partial charge in [-0.2, -0.15) is 0 Å². The largest absolute Gasteiger partial charge is 0.325 e. The van der Waals surface area contributed by atoms with E-state index < -0.39 is 0 Å². The van der Waals surface area contributed by atoms with E-state index >= 15 is 0 Å². The molecule has 1 fully saturated rings. The van der Waals surface area contributed by atoms with Crippen LogP contribution in [-0.2, 0) is 22.4 Å². The van der Waals surface area contributed by atoms with Crippen LogP contribution in [0.1, 0.15) is 68.2 Å². The molecule has 4 rings (SSSR count). The van der Waals surface area contributed by atoms with E-state index in [1.807, 2.05) is 32.0 Å². The molecule has 7 heteroatoms. The molecule has 34 heavy (non-hydrogen) atoms. The molecule has 2 aromatic rings. The van der Waals surface area contributed by atoms with Gasteiger partial charge in [-0.25, -0.2) is 4.98 Å². The summed E-state index contributed by atoms with van der Waals surface area (Å²) in [5.41, 5.74) is 4.48. The van der Waals surface area contributed by atoms with Crippen LogP contribution in [0.4, 0.5) is 10.8 Å². The lowest BCUT2D eigenvalue weighted by atomic mass is 9.73. The van der Waals surface area contributed by atoms with Gasteiger partial charge in [0.25, 0.3) is 0 Å². The Labute approximate surface area is 207 Å². The Kier molecular flexibility index (Phi) is 7.43. The van der Waals surface area contributed by atoms with Crippen molar-refractivity contribution in [3.05, 3.63) is 39.9 Å². The predicted octanol–water partition coefficient (Wildman–Crippen LogP) is 5.34. The SMILES string of the molecule is Cc1ccc(C)c(NC(=O)CN(CCC(=O)Nc2nc3c(s2)CC(C(C)(C)C)CC3)C2CC2)c1. The lowest BCUT2D eigenvalue weighted by Gasteiger charge is -2.33. The van der Waals surface area contributed by atoms with Gasteiger partial charge in [-0.1, -0.05) is 32.9 Å². The molecule has 1 aromatic carbocycles. The molecule has 2 N–H and O–H groups in total. The van der Waals surface area contributed by atoms with Crippen molar-refractivity contribution in [2.24, 2.45) is 11.3 Å². The van der Waals surface area contributed by atoms with Crippen LogP contribution in [-0.4, -0.2) is 40.8 Å². The molecule has 2 amide bonds. The molecule has 0 spiro atoms. The zero-order chi connectivity index (χ0) is 24.5. The summed E-state index contributed by atoms with van der Waals surface area (Å²) in [7, 11) is 0. The van der Waals surface area contributed by atoms with Crippen LogP contribution in [0.15, 0.2) is 18.2 Å². The summed E-state index contributed by atoms with van der Waals surface area (Å²) in [6.45, 7) is 11.8. The van der Waals surface area contributed by atoms with Crippen molar-refractivity contribution in [1.82, 2.24) is 9.88 Å². The molecule has 0 aliphatic heterocycles. The van der Waals surface area contributed by atoms with E-state index in [2.05, 4.69) is 36.3 Å². The molecule has 0 saturated heterocycles. The monoisotopic (exact) mass is 482 g/mol. The van der Waals surface area contributed by atoms with Crippen LogP contribution in [0.5, 0.6) is 0 Å². The van der Waals surface area contributed by atoms with E-state index in [1.54, 1.807) is 11.3 Å². The second-order valence-electron chi connectivity index (χ2n) is 11.1. The lowest BCUT2D eigenvalue weighted by molar-refractivity contribution is -0.119. The van der Waals surface area contributed by atoms with Gasteiger partial charge in [-0.3, -0.25) is 14.5 Å². The standard InChI is InChI=1S/C27H38N4O2S/c1-17-6-7-18(2)22(14-17)28-25(33)16-31(20-9-10-20)13-12-24(32)30-26-29-21-11-8-19(27(3,4)5)15-23(21)34-26/h6-7,14,19-20H,8-13,15-16H2,1-5H3,(H,28,33)(H,29,30,32). The maximum absolute atomic E-state index is 12.7. The third kappa shape index (κ3) is 6.45. The minimum absolute atomic E-state index is 0.0259. The minimum Gasteiger partial charge on any atom is -0.325 e. The van der Waals surface area contributed by atoms with Crippen molar-refractivity contribution in [2.45, 2.75) is 79.2 Å². The number of hydrogen-bond donors (Lipinski definition) is 2. The Hall–Kier alpha value is -2.25. The van der Waals surface area contributed by atoms with Crippen LogP contribution < -0.4 is 10.6 Å². The number of fused-ring (bicyclic) bond motifs is 1. The fourth-order valence-electron chi connectivity index (χ4n) is 4.67. The molecule has 6 nitrogen and oxygen atoms in total. The number of benzene rings is 1. The van der Waals surface area contributed by atoms with E-state index in [0.717, 1.165) is 59.7 Å². The fourth-order valence-corrected chi connectivity index (χ4v) is 5.77. The number of thiazole rings is 1. The summed E-state index contributed by atoms with van der Waals surface area (Å²) < 4.78 is 0. The molecule has 1 saturated carbocycles. The maximum atomic E-state index is 12.7.